The predicted molar refractivity (Wildman–Crippen MR) is 71.8 cm³/mol. The van der Waals surface area contributed by atoms with E-state index in [9.17, 15) is 4.39 Å². The van der Waals surface area contributed by atoms with Crippen LogP contribution in [-0.4, -0.2) is 0 Å². The van der Waals surface area contributed by atoms with Crippen molar-refractivity contribution in [2.24, 2.45) is 5.84 Å². The SMILES string of the molecule is Cc1ccc(C(NN)c2c(F)cccc2Cl)cc1. The van der Waals surface area contributed by atoms with E-state index >= 15 is 0 Å². The van der Waals surface area contributed by atoms with Crippen LogP contribution in [0.2, 0.25) is 5.02 Å². The number of nitrogens with one attached hydrogen (secondary N) is 1. The monoisotopic (exact) mass is 264 g/mol. The molecule has 0 fully saturated rings. The van der Waals surface area contributed by atoms with Crippen molar-refractivity contribution in [3.8, 4) is 0 Å². The molecule has 2 rings (SSSR count). The Morgan fingerprint density at radius 3 is 2.39 bits per heavy atom. The maximum absolute atomic E-state index is 13.9. The molecule has 0 aliphatic rings. The minimum Gasteiger partial charge on any atom is -0.271 e. The number of hydrazine groups is 1. The van der Waals surface area contributed by atoms with E-state index in [1.165, 1.54) is 6.07 Å². The average molecular weight is 265 g/mol. The van der Waals surface area contributed by atoms with Gasteiger partial charge in [-0.1, -0.05) is 47.5 Å². The Morgan fingerprint density at radius 1 is 1.17 bits per heavy atom. The second-order valence-corrected chi connectivity index (χ2v) is 4.55. The van der Waals surface area contributed by atoms with Gasteiger partial charge in [0.1, 0.15) is 5.82 Å². The largest absolute Gasteiger partial charge is 0.271 e. The van der Waals surface area contributed by atoms with Crippen molar-refractivity contribution in [3.05, 3.63) is 70.0 Å². The van der Waals surface area contributed by atoms with Crippen molar-refractivity contribution < 1.29 is 4.39 Å². The van der Waals surface area contributed by atoms with E-state index in [1.807, 2.05) is 31.2 Å². The van der Waals surface area contributed by atoms with Gasteiger partial charge in [-0.25, -0.2) is 9.82 Å². The minimum absolute atomic E-state index is 0.360. The number of rotatable bonds is 3. The third-order valence-electron chi connectivity index (χ3n) is 2.87. The molecule has 0 aromatic heterocycles. The first-order valence-electron chi connectivity index (χ1n) is 5.60. The highest BCUT2D eigenvalue weighted by molar-refractivity contribution is 6.31. The summed E-state index contributed by atoms with van der Waals surface area (Å²) >= 11 is 6.05. The fourth-order valence-electron chi connectivity index (χ4n) is 1.89. The van der Waals surface area contributed by atoms with E-state index in [0.717, 1.165) is 11.1 Å². The van der Waals surface area contributed by atoms with Crippen LogP contribution in [0.3, 0.4) is 0 Å². The van der Waals surface area contributed by atoms with Gasteiger partial charge in [-0.2, -0.15) is 0 Å². The van der Waals surface area contributed by atoms with Crippen LogP contribution >= 0.6 is 11.6 Å². The topological polar surface area (TPSA) is 38.0 Å². The summed E-state index contributed by atoms with van der Waals surface area (Å²) in [4.78, 5) is 0. The number of halogens is 2. The zero-order valence-electron chi connectivity index (χ0n) is 9.95. The van der Waals surface area contributed by atoms with Gasteiger partial charge >= 0.3 is 0 Å². The third-order valence-corrected chi connectivity index (χ3v) is 3.20. The highest BCUT2D eigenvalue weighted by Gasteiger charge is 2.19. The second-order valence-electron chi connectivity index (χ2n) is 4.15. The number of hydrogen-bond acceptors (Lipinski definition) is 2. The summed E-state index contributed by atoms with van der Waals surface area (Å²) in [5.41, 5.74) is 4.98. The summed E-state index contributed by atoms with van der Waals surface area (Å²) in [6.07, 6.45) is 0. The fourth-order valence-corrected chi connectivity index (χ4v) is 2.16. The summed E-state index contributed by atoms with van der Waals surface area (Å²) in [6.45, 7) is 1.99. The molecule has 0 bridgehead atoms. The van der Waals surface area contributed by atoms with Crippen LogP contribution in [0.5, 0.6) is 0 Å². The standard InChI is InChI=1S/C14H14ClFN2/c1-9-5-7-10(8-6-9)14(18-17)13-11(15)3-2-4-12(13)16/h2-8,14,18H,17H2,1H3. The van der Waals surface area contributed by atoms with Gasteiger partial charge < -0.3 is 0 Å². The minimum atomic E-state index is -0.459. The van der Waals surface area contributed by atoms with Gasteiger partial charge in [-0.05, 0) is 24.6 Å². The summed E-state index contributed by atoms with van der Waals surface area (Å²) in [6, 6.07) is 11.9. The first kappa shape index (κ1) is 13.0. The molecule has 4 heteroatoms. The molecule has 0 aliphatic carbocycles. The van der Waals surface area contributed by atoms with Crippen LogP contribution in [0.1, 0.15) is 22.7 Å². The van der Waals surface area contributed by atoms with Crippen molar-refractivity contribution in [1.29, 1.82) is 0 Å². The molecule has 0 spiro atoms. The lowest BCUT2D eigenvalue weighted by Crippen LogP contribution is -2.29. The van der Waals surface area contributed by atoms with E-state index in [4.69, 9.17) is 17.4 Å². The summed E-state index contributed by atoms with van der Waals surface area (Å²) < 4.78 is 13.9. The second kappa shape index (κ2) is 5.48. The van der Waals surface area contributed by atoms with E-state index in [2.05, 4.69) is 5.43 Å². The van der Waals surface area contributed by atoms with Crippen molar-refractivity contribution in [2.75, 3.05) is 0 Å². The van der Waals surface area contributed by atoms with Crippen LogP contribution in [0.15, 0.2) is 42.5 Å². The van der Waals surface area contributed by atoms with E-state index < -0.39 is 6.04 Å². The van der Waals surface area contributed by atoms with Crippen molar-refractivity contribution >= 4 is 11.6 Å². The van der Waals surface area contributed by atoms with E-state index in [1.54, 1.807) is 12.1 Å². The lowest BCUT2D eigenvalue weighted by atomic mass is 9.98. The highest BCUT2D eigenvalue weighted by atomic mass is 35.5. The van der Waals surface area contributed by atoms with Gasteiger partial charge in [0.15, 0.2) is 0 Å². The molecule has 0 saturated heterocycles. The smallest absolute Gasteiger partial charge is 0.129 e. The Labute approximate surface area is 111 Å². The van der Waals surface area contributed by atoms with Gasteiger partial charge in [-0.15, -0.1) is 0 Å². The Balaban J connectivity index is 2.48. The van der Waals surface area contributed by atoms with Crippen LogP contribution in [0.25, 0.3) is 0 Å². The van der Waals surface area contributed by atoms with Crippen LogP contribution in [-0.2, 0) is 0 Å². The quantitative estimate of drug-likeness (QED) is 0.659. The molecule has 0 saturated carbocycles. The Kier molecular flexibility index (Phi) is 3.97. The van der Waals surface area contributed by atoms with Gasteiger partial charge in [-0.3, -0.25) is 5.84 Å². The number of nitrogens with two attached hydrogens (primary N) is 1. The van der Waals surface area contributed by atoms with E-state index in [-0.39, 0.29) is 5.82 Å². The number of aryl methyl sites for hydroxylation is 1. The zero-order valence-corrected chi connectivity index (χ0v) is 10.7. The molecule has 94 valence electrons. The Morgan fingerprint density at radius 2 is 1.83 bits per heavy atom. The molecule has 0 radical (unpaired) electrons. The predicted octanol–water partition coefficient (Wildman–Crippen LogP) is 3.34. The molecule has 1 atom stereocenters. The first-order valence-corrected chi connectivity index (χ1v) is 5.98. The normalized spacial score (nSPS) is 12.4. The van der Waals surface area contributed by atoms with Crippen LogP contribution in [0, 0.1) is 12.7 Å². The molecule has 3 N–H and O–H groups in total. The molecule has 18 heavy (non-hydrogen) atoms. The van der Waals surface area contributed by atoms with Crippen LogP contribution < -0.4 is 11.3 Å². The fraction of sp³-hybridized carbons (Fsp3) is 0.143. The van der Waals surface area contributed by atoms with Gasteiger partial charge in [0, 0.05) is 10.6 Å². The summed E-state index contributed by atoms with van der Waals surface area (Å²) in [5.74, 6) is 5.17. The lowest BCUT2D eigenvalue weighted by Gasteiger charge is -2.19. The van der Waals surface area contributed by atoms with Crippen molar-refractivity contribution in [2.45, 2.75) is 13.0 Å². The van der Waals surface area contributed by atoms with Gasteiger partial charge in [0.2, 0.25) is 0 Å². The Hall–Kier alpha value is -1.42. The van der Waals surface area contributed by atoms with E-state index in [0.29, 0.717) is 10.6 Å². The molecule has 1 unspecified atom stereocenters. The molecule has 0 amide bonds. The maximum atomic E-state index is 13.9. The van der Waals surface area contributed by atoms with Gasteiger partial charge in [0.05, 0.1) is 6.04 Å². The molecule has 2 nitrogen and oxygen atoms in total. The molecule has 2 aromatic carbocycles. The van der Waals surface area contributed by atoms with Crippen molar-refractivity contribution in [1.82, 2.24) is 5.43 Å². The summed E-state index contributed by atoms with van der Waals surface area (Å²) in [7, 11) is 0. The zero-order chi connectivity index (χ0) is 13.1. The number of benzene rings is 2. The average Bonchev–Trinajstić information content (AvgIpc) is 2.35. The molecule has 0 aliphatic heterocycles. The molecular formula is C14H14ClFN2. The van der Waals surface area contributed by atoms with Gasteiger partial charge in [0.25, 0.3) is 0 Å². The van der Waals surface area contributed by atoms with Crippen molar-refractivity contribution in [3.63, 3.8) is 0 Å². The third kappa shape index (κ3) is 2.53. The Bertz CT molecular complexity index is 520. The molecule has 0 heterocycles. The lowest BCUT2D eigenvalue weighted by molar-refractivity contribution is 0.560. The first-order chi connectivity index (χ1) is 8.63. The van der Waals surface area contributed by atoms with Crippen LogP contribution in [0.4, 0.5) is 4.39 Å². The summed E-state index contributed by atoms with van der Waals surface area (Å²) in [5, 5.41) is 0.360. The maximum Gasteiger partial charge on any atom is 0.129 e. The molecule has 2 aromatic rings. The molecular weight excluding hydrogens is 251 g/mol. The highest BCUT2D eigenvalue weighted by Crippen LogP contribution is 2.30. The number of hydrogen-bond donors (Lipinski definition) is 2.